The maximum atomic E-state index is 6.29. The summed E-state index contributed by atoms with van der Waals surface area (Å²) in [6.07, 6.45) is 0. The molecule has 13 aromatic rings. The van der Waals surface area contributed by atoms with Gasteiger partial charge in [-0.05, 0) is 139 Å². The van der Waals surface area contributed by atoms with Gasteiger partial charge in [0.2, 0.25) is 0 Å². The Labute approximate surface area is 404 Å². The van der Waals surface area contributed by atoms with Gasteiger partial charge in [-0.25, -0.2) is 0 Å². The lowest BCUT2D eigenvalue weighted by Gasteiger charge is -2.33. The molecule has 0 radical (unpaired) electrons. The van der Waals surface area contributed by atoms with Crippen molar-refractivity contribution in [3.63, 3.8) is 0 Å². The number of hydrogen-bond donors (Lipinski definition) is 0. The van der Waals surface area contributed by atoms with E-state index in [1.165, 1.54) is 70.2 Å². The van der Waals surface area contributed by atoms with Gasteiger partial charge in [-0.2, -0.15) is 0 Å². The average molecular weight is 896 g/mol. The number of rotatable bonds is 7. The molecule has 1 atom stereocenters. The van der Waals surface area contributed by atoms with Crippen LogP contribution >= 0.6 is 11.3 Å². The SMILES string of the molecule is c1ccc(-c2cc(-c3ccccc3)nc(C3(c4ccccc4)c4ccc(-c5cccc(-c6ccc7sc8ccccc8c7c6)c5)cc4-c4cc(-c5ccc6oc7ccccc7c6c5)ccc43)c2)cc1. The molecule has 0 amide bonds. The van der Waals surface area contributed by atoms with E-state index < -0.39 is 5.41 Å². The van der Waals surface area contributed by atoms with E-state index in [2.05, 4.69) is 237 Å². The molecule has 0 saturated heterocycles. The Bertz CT molecular complexity index is 4070. The summed E-state index contributed by atoms with van der Waals surface area (Å²) in [5.74, 6) is 0. The quantitative estimate of drug-likeness (QED) is 0.159. The number of aromatic nitrogens is 1. The van der Waals surface area contributed by atoms with Gasteiger partial charge in [0.25, 0.3) is 0 Å². The number of furan rings is 1. The maximum Gasteiger partial charge on any atom is 0.135 e. The molecule has 322 valence electrons. The van der Waals surface area contributed by atoms with Gasteiger partial charge in [0.05, 0.1) is 16.8 Å². The normalized spacial score (nSPS) is 14.1. The molecule has 1 aliphatic carbocycles. The van der Waals surface area contributed by atoms with Gasteiger partial charge < -0.3 is 4.42 Å². The van der Waals surface area contributed by atoms with Crippen LogP contribution in [0.5, 0.6) is 0 Å². The lowest BCUT2D eigenvalue weighted by Crippen LogP contribution is -2.30. The second-order valence-corrected chi connectivity index (χ2v) is 19.3. The van der Waals surface area contributed by atoms with Crippen LogP contribution in [0, 0.1) is 0 Å². The summed E-state index contributed by atoms with van der Waals surface area (Å²) >= 11 is 1.86. The van der Waals surface area contributed by atoms with Crippen LogP contribution in [0.4, 0.5) is 0 Å². The van der Waals surface area contributed by atoms with E-state index in [0.717, 1.165) is 61.1 Å². The highest BCUT2D eigenvalue weighted by Crippen LogP contribution is 2.58. The summed E-state index contributed by atoms with van der Waals surface area (Å²) in [5, 5.41) is 4.86. The number of nitrogens with zero attached hydrogens (tertiary/aromatic N) is 1. The minimum Gasteiger partial charge on any atom is -0.456 e. The number of pyridine rings is 1. The number of thiophene rings is 1. The summed E-state index contributed by atoms with van der Waals surface area (Å²) in [4.78, 5) is 5.75. The van der Waals surface area contributed by atoms with Crippen LogP contribution in [0.3, 0.4) is 0 Å². The van der Waals surface area contributed by atoms with E-state index >= 15 is 0 Å². The molecule has 0 aliphatic heterocycles. The third kappa shape index (κ3) is 6.35. The molecule has 0 spiro atoms. The van der Waals surface area contributed by atoms with Crippen molar-refractivity contribution in [3.8, 4) is 66.9 Å². The highest BCUT2D eigenvalue weighted by molar-refractivity contribution is 7.25. The summed E-state index contributed by atoms with van der Waals surface area (Å²) in [6, 6.07) is 90.8. The van der Waals surface area contributed by atoms with Crippen molar-refractivity contribution in [3.05, 3.63) is 271 Å². The van der Waals surface area contributed by atoms with E-state index in [9.17, 15) is 0 Å². The van der Waals surface area contributed by atoms with Crippen molar-refractivity contribution in [2.75, 3.05) is 0 Å². The predicted octanol–water partition coefficient (Wildman–Crippen LogP) is 18.0. The van der Waals surface area contributed by atoms with Crippen LogP contribution in [0.2, 0.25) is 0 Å². The van der Waals surface area contributed by atoms with E-state index in [0.29, 0.717) is 0 Å². The monoisotopic (exact) mass is 895 g/mol. The Morgan fingerprint density at radius 2 is 0.841 bits per heavy atom. The van der Waals surface area contributed by atoms with Gasteiger partial charge in [-0.3, -0.25) is 4.98 Å². The molecule has 10 aromatic carbocycles. The Morgan fingerprint density at radius 3 is 1.57 bits per heavy atom. The zero-order valence-corrected chi connectivity index (χ0v) is 38.3. The van der Waals surface area contributed by atoms with Crippen LogP contribution in [0.15, 0.2) is 253 Å². The van der Waals surface area contributed by atoms with Crippen molar-refractivity contribution < 1.29 is 4.42 Å². The fourth-order valence-electron chi connectivity index (χ4n) is 11.1. The summed E-state index contributed by atoms with van der Waals surface area (Å²) < 4.78 is 8.92. The lowest BCUT2D eigenvalue weighted by atomic mass is 9.69. The van der Waals surface area contributed by atoms with Gasteiger partial charge in [0.1, 0.15) is 11.2 Å². The van der Waals surface area contributed by atoms with Gasteiger partial charge in [0, 0.05) is 36.5 Å². The molecular weight excluding hydrogens is 855 g/mol. The summed E-state index contributed by atoms with van der Waals surface area (Å²) in [6.45, 7) is 0. The van der Waals surface area contributed by atoms with Crippen molar-refractivity contribution in [2.24, 2.45) is 0 Å². The molecule has 3 heteroatoms. The van der Waals surface area contributed by atoms with Crippen LogP contribution in [0.25, 0.3) is 109 Å². The van der Waals surface area contributed by atoms with E-state index in [4.69, 9.17) is 9.40 Å². The Balaban J connectivity index is 1.01. The first kappa shape index (κ1) is 39.5. The first-order valence-corrected chi connectivity index (χ1v) is 24.4. The van der Waals surface area contributed by atoms with Crippen LogP contribution in [-0.2, 0) is 5.41 Å². The zero-order chi connectivity index (χ0) is 45.5. The van der Waals surface area contributed by atoms with Crippen LogP contribution in [0.1, 0.15) is 22.4 Å². The molecule has 1 unspecified atom stereocenters. The minimum atomic E-state index is -0.747. The van der Waals surface area contributed by atoms with E-state index in [1.807, 2.05) is 23.5 Å². The fourth-order valence-corrected chi connectivity index (χ4v) is 12.2. The van der Waals surface area contributed by atoms with Crippen molar-refractivity contribution >= 4 is 53.4 Å². The topological polar surface area (TPSA) is 26.0 Å². The van der Waals surface area contributed by atoms with Gasteiger partial charge in [0.15, 0.2) is 0 Å². The predicted molar refractivity (Wildman–Crippen MR) is 289 cm³/mol. The summed E-state index contributed by atoms with van der Waals surface area (Å²) in [7, 11) is 0. The van der Waals surface area contributed by atoms with Crippen molar-refractivity contribution in [1.29, 1.82) is 0 Å². The molecule has 3 heterocycles. The molecule has 3 aromatic heterocycles. The van der Waals surface area contributed by atoms with Gasteiger partial charge >= 0.3 is 0 Å². The van der Waals surface area contributed by atoms with Gasteiger partial charge in [-0.15, -0.1) is 11.3 Å². The standard InChI is InChI=1S/C66H41NOS/c1-4-15-42(16-5-1)50-40-60(43-17-6-2-7-18-43)67-65(41-50)66(51-21-8-3-9-22-51)58-31-27-46(44-19-14-20-45(35-44)49-30-34-64-57(39-49)53-24-11-13-26-63(53)69-64)36-54(58)55-37-47(28-32-59(55)66)48-29-33-62-56(38-48)52-23-10-12-25-61(52)68-62/h1-41H. The van der Waals surface area contributed by atoms with Crippen molar-refractivity contribution in [2.45, 2.75) is 5.41 Å². The Hall–Kier alpha value is -8.63. The molecular formula is C66H41NOS. The van der Waals surface area contributed by atoms with Crippen LogP contribution in [-0.4, -0.2) is 4.98 Å². The molecule has 0 saturated carbocycles. The number of fused-ring (bicyclic) bond motifs is 9. The Morgan fingerprint density at radius 1 is 0.319 bits per heavy atom. The van der Waals surface area contributed by atoms with Crippen molar-refractivity contribution in [1.82, 2.24) is 4.98 Å². The molecule has 0 fully saturated rings. The molecule has 14 rings (SSSR count). The van der Waals surface area contributed by atoms with E-state index in [-0.39, 0.29) is 0 Å². The largest absolute Gasteiger partial charge is 0.456 e. The van der Waals surface area contributed by atoms with Crippen LogP contribution < -0.4 is 0 Å². The highest BCUT2D eigenvalue weighted by Gasteiger charge is 2.48. The third-order valence-corrected chi connectivity index (χ3v) is 15.5. The first-order valence-electron chi connectivity index (χ1n) is 23.6. The van der Waals surface area contributed by atoms with Gasteiger partial charge in [-0.1, -0.05) is 182 Å². The average Bonchev–Trinajstić information content (AvgIpc) is 4.09. The lowest BCUT2D eigenvalue weighted by molar-refractivity contribution is 0.669. The fraction of sp³-hybridized carbons (Fsp3) is 0.0152. The summed E-state index contributed by atoms with van der Waals surface area (Å²) in [5.41, 5.74) is 19.4. The number of benzene rings is 10. The molecule has 69 heavy (non-hydrogen) atoms. The molecule has 0 N–H and O–H groups in total. The second kappa shape index (κ2) is 15.7. The van der Waals surface area contributed by atoms with E-state index in [1.54, 1.807) is 0 Å². The third-order valence-electron chi connectivity index (χ3n) is 14.3. The molecule has 0 bridgehead atoms. The molecule has 1 aliphatic rings. The highest BCUT2D eigenvalue weighted by atomic mass is 32.1. The Kier molecular flexibility index (Phi) is 9.02. The maximum absolute atomic E-state index is 6.29. The smallest absolute Gasteiger partial charge is 0.135 e. The second-order valence-electron chi connectivity index (χ2n) is 18.2. The number of hydrogen-bond acceptors (Lipinski definition) is 3. The number of para-hydroxylation sites is 1. The zero-order valence-electron chi connectivity index (χ0n) is 37.4. The molecule has 2 nitrogen and oxygen atoms in total. The first-order chi connectivity index (χ1) is 34.2. The minimum absolute atomic E-state index is 0.747.